The smallest absolute Gasteiger partial charge is 0.407 e. The molecule has 0 radical (unpaired) electrons. The summed E-state index contributed by atoms with van der Waals surface area (Å²) < 4.78 is 0. The van der Waals surface area contributed by atoms with Gasteiger partial charge in [-0.05, 0) is 17.7 Å². The molecule has 1 amide bonds. The lowest BCUT2D eigenvalue weighted by Crippen LogP contribution is -2.31. The normalized spacial score (nSPS) is 14.1. The van der Waals surface area contributed by atoms with Gasteiger partial charge in [0, 0.05) is 24.5 Å². The van der Waals surface area contributed by atoms with Crippen molar-refractivity contribution in [1.29, 1.82) is 0 Å². The van der Waals surface area contributed by atoms with Gasteiger partial charge in [0.2, 0.25) is 0 Å². The van der Waals surface area contributed by atoms with E-state index in [1.807, 2.05) is 0 Å². The fourth-order valence-electron chi connectivity index (χ4n) is 1.63. The maximum atomic E-state index is 10.7. The number of hydrogen-bond acceptors (Lipinski definition) is 2. The van der Waals surface area contributed by atoms with Gasteiger partial charge in [0.1, 0.15) is 0 Å². The van der Waals surface area contributed by atoms with E-state index < -0.39 is 12.2 Å². The van der Waals surface area contributed by atoms with Gasteiger partial charge in [0.05, 0.1) is 6.10 Å². The second-order valence-corrected chi connectivity index (χ2v) is 4.58. The number of aliphatic hydroxyl groups is 1. The summed E-state index contributed by atoms with van der Waals surface area (Å²) in [5.41, 5.74) is 0.698. The number of carbonyl (C=O) groups is 1. The van der Waals surface area contributed by atoms with E-state index in [2.05, 4.69) is 0 Å². The van der Waals surface area contributed by atoms with Crippen LogP contribution in [0, 0.1) is 5.92 Å². The van der Waals surface area contributed by atoms with Crippen LogP contribution in [0.5, 0.6) is 0 Å². The number of halogens is 1. The summed E-state index contributed by atoms with van der Waals surface area (Å²) in [5, 5.41) is 19.4. The molecule has 4 nitrogen and oxygen atoms in total. The molecule has 0 saturated heterocycles. The monoisotopic (exact) mass is 257 g/mol. The van der Waals surface area contributed by atoms with Crippen molar-refractivity contribution in [3.8, 4) is 0 Å². The maximum absolute atomic E-state index is 10.7. The number of nitrogens with zero attached hydrogens (tertiary/aromatic N) is 1. The van der Waals surface area contributed by atoms with Gasteiger partial charge in [-0.15, -0.1) is 0 Å². The third-order valence-electron chi connectivity index (χ3n) is 2.62. The number of aliphatic hydroxyl groups excluding tert-OH is 1. The molecular formula is C12H16ClNO3. The van der Waals surface area contributed by atoms with Crippen molar-refractivity contribution >= 4 is 17.7 Å². The van der Waals surface area contributed by atoms with Crippen LogP contribution in [0.2, 0.25) is 5.02 Å². The molecule has 0 saturated carbocycles. The molecule has 0 spiro atoms. The van der Waals surface area contributed by atoms with Crippen molar-refractivity contribution in [3.63, 3.8) is 0 Å². The van der Waals surface area contributed by atoms with Crippen molar-refractivity contribution in [2.75, 3.05) is 13.6 Å². The predicted octanol–water partition coefficient (Wildman–Crippen LogP) is 2.62. The summed E-state index contributed by atoms with van der Waals surface area (Å²) in [4.78, 5) is 11.8. The zero-order valence-electron chi connectivity index (χ0n) is 9.80. The van der Waals surface area contributed by atoms with E-state index in [0.29, 0.717) is 10.6 Å². The fourth-order valence-corrected chi connectivity index (χ4v) is 1.83. The summed E-state index contributed by atoms with van der Waals surface area (Å²) in [5.74, 6) is -0.199. The molecule has 1 aromatic rings. The lowest BCUT2D eigenvalue weighted by molar-refractivity contribution is 0.0901. The van der Waals surface area contributed by atoms with E-state index in [1.165, 1.54) is 7.05 Å². The molecule has 2 atom stereocenters. The lowest BCUT2D eigenvalue weighted by Gasteiger charge is -2.23. The molecule has 1 unspecified atom stereocenters. The minimum absolute atomic E-state index is 0.199. The van der Waals surface area contributed by atoms with Crippen molar-refractivity contribution in [1.82, 2.24) is 4.90 Å². The Balaban J connectivity index is 2.69. The Bertz CT molecular complexity index is 397. The maximum Gasteiger partial charge on any atom is 0.407 e. The Hall–Kier alpha value is -1.26. The molecule has 0 heterocycles. The fraction of sp³-hybridized carbons (Fsp3) is 0.417. The first-order valence-corrected chi connectivity index (χ1v) is 5.67. The molecule has 1 rings (SSSR count). The number of benzene rings is 1. The molecule has 1 aromatic carbocycles. The Morgan fingerprint density at radius 2 is 2.18 bits per heavy atom. The first-order chi connectivity index (χ1) is 7.91. The third-order valence-corrected chi connectivity index (χ3v) is 2.85. The van der Waals surface area contributed by atoms with Gasteiger partial charge in [-0.2, -0.15) is 0 Å². The second-order valence-electron chi connectivity index (χ2n) is 4.14. The molecule has 0 aliphatic heterocycles. The second kappa shape index (κ2) is 5.89. The van der Waals surface area contributed by atoms with E-state index in [0.717, 1.165) is 4.90 Å². The van der Waals surface area contributed by atoms with Gasteiger partial charge in [0.25, 0.3) is 0 Å². The molecule has 2 N–H and O–H groups in total. The quantitative estimate of drug-likeness (QED) is 0.872. The Kier molecular flexibility index (Phi) is 4.78. The predicted molar refractivity (Wildman–Crippen MR) is 66.2 cm³/mol. The molecule has 5 heteroatoms. The molecule has 17 heavy (non-hydrogen) atoms. The summed E-state index contributed by atoms with van der Waals surface area (Å²) >= 11 is 5.83. The van der Waals surface area contributed by atoms with E-state index >= 15 is 0 Å². The Morgan fingerprint density at radius 3 is 2.71 bits per heavy atom. The number of carboxylic acid groups (broad SMARTS) is 1. The van der Waals surface area contributed by atoms with Crippen LogP contribution in [0.1, 0.15) is 18.6 Å². The zero-order chi connectivity index (χ0) is 13.0. The highest BCUT2D eigenvalue weighted by Gasteiger charge is 2.20. The van der Waals surface area contributed by atoms with Crippen LogP contribution in [0.15, 0.2) is 24.3 Å². The van der Waals surface area contributed by atoms with Gasteiger partial charge in [-0.1, -0.05) is 30.7 Å². The van der Waals surface area contributed by atoms with Gasteiger partial charge in [-0.25, -0.2) is 4.79 Å². The summed E-state index contributed by atoms with van der Waals surface area (Å²) in [6.45, 7) is 2.06. The van der Waals surface area contributed by atoms with Crippen LogP contribution >= 0.6 is 11.6 Å². The highest BCUT2D eigenvalue weighted by Crippen LogP contribution is 2.24. The Morgan fingerprint density at radius 1 is 1.53 bits per heavy atom. The number of amides is 1. The SMILES string of the molecule is CC(CN(C)C(=O)O)[C@@H](O)c1cccc(Cl)c1. The number of hydrogen-bond donors (Lipinski definition) is 2. The van der Waals surface area contributed by atoms with Crippen molar-refractivity contribution in [2.24, 2.45) is 5.92 Å². The topological polar surface area (TPSA) is 60.8 Å². The van der Waals surface area contributed by atoms with Crippen LogP contribution in [-0.2, 0) is 0 Å². The summed E-state index contributed by atoms with van der Waals surface area (Å²) in [6.07, 6.45) is -1.73. The first kappa shape index (κ1) is 13.8. The van der Waals surface area contributed by atoms with Crippen molar-refractivity contribution in [3.05, 3.63) is 34.9 Å². The number of rotatable bonds is 4. The third kappa shape index (κ3) is 3.91. The van der Waals surface area contributed by atoms with E-state index in [9.17, 15) is 9.90 Å². The zero-order valence-corrected chi connectivity index (χ0v) is 10.6. The average molecular weight is 258 g/mol. The molecule has 0 aliphatic carbocycles. The van der Waals surface area contributed by atoms with Gasteiger partial charge in [-0.3, -0.25) is 0 Å². The highest BCUT2D eigenvalue weighted by molar-refractivity contribution is 6.30. The molecule has 0 aliphatic rings. The van der Waals surface area contributed by atoms with Crippen LogP contribution in [0.3, 0.4) is 0 Å². The molecular weight excluding hydrogens is 242 g/mol. The van der Waals surface area contributed by atoms with Gasteiger partial charge >= 0.3 is 6.09 Å². The average Bonchev–Trinajstić information content (AvgIpc) is 2.27. The van der Waals surface area contributed by atoms with Gasteiger partial charge < -0.3 is 15.1 Å². The van der Waals surface area contributed by atoms with Crippen LogP contribution in [-0.4, -0.2) is 34.8 Å². The lowest BCUT2D eigenvalue weighted by atomic mass is 9.97. The van der Waals surface area contributed by atoms with E-state index in [4.69, 9.17) is 16.7 Å². The minimum Gasteiger partial charge on any atom is -0.465 e. The standard InChI is InChI=1S/C12H16ClNO3/c1-8(7-14(2)12(16)17)11(15)9-4-3-5-10(13)6-9/h3-6,8,11,15H,7H2,1-2H3,(H,16,17)/t8?,11-/m1/s1. The highest BCUT2D eigenvalue weighted by atomic mass is 35.5. The minimum atomic E-state index is -1.00. The molecule has 0 aromatic heterocycles. The van der Waals surface area contributed by atoms with Crippen LogP contribution in [0.25, 0.3) is 0 Å². The van der Waals surface area contributed by atoms with Gasteiger partial charge in [0.15, 0.2) is 0 Å². The first-order valence-electron chi connectivity index (χ1n) is 5.29. The van der Waals surface area contributed by atoms with E-state index in [-0.39, 0.29) is 12.5 Å². The molecule has 0 bridgehead atoms. The molecule has 94 valence electrons. The van der Waals surface area contributed by atoms with E-state index in [1.54, 1.807) is 31.2 Å². The van der Waals surface area contributed by atoms with Crippen LogP contribution in [0.4, 0.5) is 4.79 Å². The summed E-state index contributed by atoms with van der Waals surface area (Å²) in [6, 6.07) is 6.94. The molecule has 0 fully saturated rings. The van der Waals surface area contributed by atoms with Crippen molar-refractivity contribution < 1.29 is 15.0 Å². The van der Waals surface area contributed by atoms with Crippen molar-refractivity contribution in [2.45, 2.75) is 13.0 Å². The Labute approximate surface area is 105 Å². The van der Waals surface area contributed by atoms with Crippen LogP contribution < -0.4 is 0 Å². The largest absolute Gasteiger partial charge is 0.465 e. The summed E-state index contributed by atoms with van der Waals surface area (Å²) in [7, 11) is 1.48.